The zero-order valence-corrected chi connectivity index (χ0v) is 19.3. The van der Waals surface area contributed by atoms with E-state index < -0.39 is 5.82 Å². The van der Waals surface area contributed by atoms with Gasteiger partial charge in [0.2, 0.25) is 0 Å². The minimum Gasteiger partial charge on any atom is -0.487 e. The first-order valence-electron chi connectivity index (χ1n) is 9.77. The second kappa shape index (κ2) is 9.10. The first-order valence-corrected chi connectivity index (χ1v) is 10.9. The van der Waals surface area contributed by atoms with E-state index in [2.05, 4.69) is 9.97 Å². The van der Waals surface area contributed by atoms with Gasteiger partial charge < -0.3 is 15.4 Å². The molecule has 1 unspecified atom stereocenters. The molecule has 1 saturated heterocycles. The maximum atomic E-state index is 14.7. The first-order chi connectivity index (χ1) is 15.3. The summed E-state index contributed by atoms with van der Waals surface area (Å²) in [6.07, 6.45) is 5.39. The molecule has 3 N–H and O–H groups in total. The van der Waals surface area contributed by atoms with Crippen LogP contribution in [0.5, 0.6) is 5.75 Å². The predicted molar refractivity (Wildman–Crippen MR) is 126 cm³/mol. The topological polar surface area (TPSA) is 88.1 Å². The molecule has 3 aromatic rings. The van der Waals surface area contributed by atoms with Crippen LogP contribution in [0.1, 0.15) is 30.0 Å². The fourth-order valence-corrected chi connectivity index (χ4v) is 4.09. The minimum atomic E-state index is -0.482. The van der Waals surface area contributed by atoms with E-state index >= 15 is 0 Å². The molecule has 0 radical (unpaired) electrons. The second-order valence-corrected chi connectivity index (χ2v) is 8.70. The van der Waals surface area contributed by atoms with Gasteiger partial charge in [-0.3, -0.25) is 10.4 Å². The van der Waals surface area contributed by atoms with E-state index in [-0.39, 0.29) is 34.8 Å². The Morgan fingerprint density at radius 3 is 2.50 bits per heavy atom. The summed E-state index contributed by atoms with van der Waals surface area (Å²) in [7, 11) is 0. The number of hydrogen-bond donors (Lipinski definition) is 2. The molecule has 10 heteroatoms. The maximum Gasteiger partial charge on any atom is 0.166 e. The Morgan fingerprint density at radius 2 is 1.91 bits per heavy atom. The van der Waals surface area contributed by atoms with Crippen molar-refractivity contribution in [1.82, 2.24) is 9.97 Å². The van der Waals surface area contributed by atoms with Crippen LogP contribution in [0.15, 0.2) is 36.8 Å². The Morgan fingerprint density at radius 1 is 1.19 bits per heavy atom. The Labute approximate surface area is 199 Å². The SMILES string of the molecule is CC1CCN1c1ncc(C(=N)c2cc(OCc3c(Cl)cncc3Cl)c(Cl)cc2N)cc1F. The average Bonchev–Trinajstić information content (AvgIpc) is 2.74. The van der Waals surface area contributed by atoms with E-state index in [0.717, 1.165) is 13.0 Å². The van der Waals surface area contributed by atoms with Gasteiger partial charge in [0.25, 0.3) is 0 Å². The fourth-order valence-electron chi connectivity index (χ4n) is 3.39. The molecule has 1 atom stereocenters. The minimum absolute atomic E-state index is 0.00130. The molecule has 1 aliphatic rings. The number of nitrogen functional groups attached to an aromatic ring is 1. The Kier molecular flexibility index (Phi) is 6.42. The lowest BCUT2D eigenvalue weighted by Gasteiger charge is -2.39. The van der Waals surface area contributed by atoms with Crippen molar-refractivity contribution in [3.05, 3.63) is 74.4 Å². The van der Waals surface area contributed by atoms with Crippen molar-refractivity contribution in [2.45, 2.75) is 26.0 Å². The van der Waals surface area contributed by atoms with E-state index in [1.807, 2.05) is 11.8 Å². The number of nitrogens with two attached hydrogens (primary N) is 1. The van der Waals surface area contributed by atoms with Crippen molar-refractivity contribution in [2.24, 2.45) is 0 Å². The number of pyridine rings is 2. The number of rotatable bonds is 6. The summed E-state index contributed by atoms with van der Waals surface area (Å²) in [6, 6.07) is 4.56. The number of halogens is 4. The molecule has 0 spiro atoms. The van der Waals surface area contributed by atoms with Gasteiger partial charge in [0.1, 0.15) is 12.4 Å². The molecular formula is C22H19Cl3FN5O. The van der Waals surface area contributed by atoms with Crippen LogP contribution in [0.2, 0.25) is 15.1 Å². The number of hydrogen-bond acceptors (Lipinski definition) is 6. The molecule has 1 fully saturated rings. The average molecular weight is 495 g/mol. The summed E-state index contributed by atoms with van der Waals surface area (Å²) in [6.45, 7) is 2.82. The van der Waals surface area contributed by atoms with Gasteiger partial charge in [-0.15, -0.1) is 0 Å². The lowest BCUT2D eigenvalue weighted by molar-refractivity contribution is 0.306. The first kappa shape index (κ1) is 22.6. The van der Waals surface area contributed by atoms with Crippen LogP contribution >= 0.6 is 34.8 Å². The van der Waals surface area contributed by atoms with Crippen LogP contribution in [0.3, 0.4) is 0 Å². The highest BCUT2D eigenvalue weighted by Gasteiger charge is 2.27. The van der Waals surface area contributed by atoms with E-state index in [9.17, 15) is 4.39 Å². The van der Waals surface area contributed by atoms with Gasteiger partial charge in [0, 0.05) is 53.6 Å². The molecule has 0 saturated carbocycles. The summed E-state index contributed by atoms with van der Waals surface area (Å²) in [5.74, 6) is 0.0910. The molecular weight excluding hydrogens is 476 g/mol. The molecule has 0 bridgehead atoms. The molecule has 32 heavy (non-hydrogen) atoms. The number of nitrogens with zero attached hydrogens (tertiary/aromatic N) is 3. The van der Waals surface area contributed by atoms with Crippen molar-refractivity contribution >= 4 is 52.0 Å². The molecule has 2 aromatic heterocycles. The lowest BCUT2D eigenvalue weighted by Crippen LogP contribution is -2.46. The summed E-state index contributed by atoms with van der Waals surface area (Å²) < 4.78 is 20.5. The van der Waals surface area contributed by atoms with E-state index in [1.165, 1.54) is 36.8 Å². The van der Waals surface area contributed by atoms with Gasteiger partial charge in [-0.25, -0.2) is 9.37 Å². The Bertz CT molecular complexity index is 1190. The van der Waals surface area contributed by atoms with Gasteiger partial charge in [-0.05, 0) is 31.5 Å². The summed E-state index contributed by atoms with van der Waals surface area (Å²) in [5.41, 5.74) is 7.53. The number of nitrogens with one attached hydrogen (secondary N) is 1. The highest BCUT2D eigenvalue weighted by molar-refractivity contribution is 6.35. The molecule has 166 valence electrons. The van der Waals surface area contributed by atoms with Crippen molar-refractivity contribution < 1.29 is 9.13 Å². The third-order valence-corrected chi connectivity index (χ3v) is 6.35. The normalized spacial score (nSPS) is 15.4. The number of anilines is 2. The molecule has 4 rings (SSSR count). The monoisotopic (exact) mass is 493 g/mol. The predicted octanol–water partition coefficient (Wildman–Crippen LogP) is 5.75. The van der Waals surface area contributed by atoms with E-state index in [0.29, 0.717) is 32.6 Å². The van der Waals surface area contributed by atoms with Crippen LogP contribution in [0, 0.1) is 11.2 Å². The standard InChI is InChI=1S/C22H19Cl3FN5O/c1-11-2-3-31(11)22-18(26)4-12(7-30-22)21(28)13-5-20(15(23)6-19(13)27)32-10-14-16(24)8-29-9-17(14)25/h4-9,11,28H,2-3,10,27H2,1H3. The third kappa shape index (κ3) is 4.33. The van der Waals surface area contributed by atoms with Crippen LogP contribution in [-0.2, 0) is 6.61 Å². The number of benzene rings is 1. The van der Waals surface area contributed by atoms with Gasteiger partial charge in [0.05, 0.1) is 20.8 Å². The lowest BCUT2D eigenvalue weighted by atomic mass is 10.0. The summed E-state index contributed by atoms with van der Waals surface area (Å²) in [4.78, 5) is 10.0. The third-order valence-electron chi connectivity index (χ3n) is 5.40. The molecule has 0 aliphatic carbocycles. The van der Waals surface area contributed by atoms with Crippen molar-refractivity contribution in [3.8, 4) is 5.75 Å². The zero-order chi connectivity index (χ0) is 23.0. The summed E-state index contributed by atoms with van der Waals surface area (Å²) >= 11 is 18.6. The van der Waals surface area contributed by atoms with Gasteiger partial charge in [-0.1, -0.05) is 34.8 Å². The maximum absolute atomic E-state index is 14.7. The van der Waals surface area contributed by atoms with Gasteiger partial charge in [-0.2, -0.15) is 0 Å². The second-order valence-electron chi connectivity index (χ2n) is 7.48. The van der Waals surface area contributed by atoms with Gasteiger partial charge >= 0.3 is 0 Å². The Hall–Kier alpha value is -2.61. The molecule has 0 amide bonds. The van der Waals surface area contributed by atoms with Crippen LogP contribution in [-0.4, -0.2) is 28.3 Å². The van der Waals surface area contributed by atoms with E-state index in [4.69, 9.17) is 50.7 Å². The van der Waals surface area contributed by atoms with Crippen molar-refractivity contribution in [2.75, 3.05) is 17.2 Å². The van der Waals surface area contributed by atoms with Crippen LogP contribution in [0.4, 0.5) is 15.9 Å². The number of aromatic nitrogens is 2. The van der Waals surface area contributed by atoms with Crippen LogP contribution < -0.4 is 15.4 Å². The summed E-state index contributed by atoms with van der Waals surface area (Å²) in [5, 5.41) is 9.54. The number of ether oxygens (including phenoxy) is 1. The van der Waals surface area contributed by atoms with Gasteiger partial charge in [0.15, 0.2) is 11.6 Å². The van der Waals surface area contributed by atoms with E-state index in [1.54, 1.807) is 0 Å². The van der Waals surface area contributed by atoms with Crippen molar-refractivity contribution in [1.29, 1.82) is 5.41 Å². The molecule has 6 nitrogen and oxygen atoms in total. The van der Waals surface area contributed by atoms with Crippen LogP contribution in [0.25, 0.3) is 0 Å². The van der Waals surface area contributed by atoms with Crippen molar-refractivity contribution in [3.63, 3.8) is 0 Å². The smallest absolute Gasteiger partial charge is 0.166 e. The molecule has 3 heterocycles. The fraction of sp³-hybridized carbons (Fsp3) is 0.227. The Balaban J connectivity index is 1.59. The zero-order valence-electron chi connectivity index (χ0n) is 17.0. The molecule has 1 aromatic carbocycles. The highest BCUT2D eigenvalue weighted by Crippen LogP contribution is 2.34. The molecule has 1 aliphatic heterocycles. The highest BCUT2D eigenvalue weighted by atomic mass is 35.5. The quantitative estimate of drug-likeness (QED) is 0.336. The largest absolute Gasteiger partial charge is 0.487 e.